The number of carbonyl (C=O) groups is 2. The van der Waals surface area contributed by atoms with Crippen molar-refractivity contribution in [3.63, 3.8) is 0 Å². The second-order valence-electron chi connectivity index (χ2n) is 6.93. The Hall–Kier alpha value is -2.86. The zero-order chi connectivity index (χ0) is 19.2. The molecule has 3 aromatic rings. The van der Waals surface area contributed by atoms with Gasteiger partial charge >= 0.3 is 5.97 Å². The molecule has 1 aromatic carbocycles. The predicted octanol–water partition coefficient (Wildman–Crippen LogP) is 3.12. The highest BCUT2D eigenvalue weighted by Crippen LogP contribution is 2.33. The maximum absolute atomic E-state index is 12.8. The van der Waals surface area contributed by atoms with Crippen molar-refractivity contribution in [2.75, 3.05) is 28.2 Å². The Morgan fingerprint density at radius 2 is 1.77 bits per heavy atom. The molecule has 26 heavy (non-hydrogen) atoms. The predicted molar refractivity (Wildman–Crippen MR) is 102 cm³/mol. The number of rotatable bonds is 4. The van der Waals surface area contributed by atoms with Crippen molar-refractivity contribution in [1.82, 2.24) is 14.2 Å². The van der Waals surface area contributed by atoms with E-state index in [1.807, 2.05) is 60.8 Å². The van der Waals surface area contributed by atoms with Gasteiger partial charge in [0, 0.05) is 37.3 Å². The molecule has 0 saturated carbocycles. The molecule has 1 amide bonds. The van der Waals surface area contributed by atoms with E-state index in [0.717, 1.165) is 11.1 Å². The van der Waals surface area contributed by atoms with E-state index in [1.54, 1.807) is 25.1 Å². The Labute approximate surface area is 152 Å². The summed E-state index contributed by atoms with van der Waals surface area (Å²) in [5.41, 5.74) is 3.01. The van der Waals surface area contributed by atoms with Crippen molar-refractivity contribution in [1.29, 1.82) is 0 Å². The first-order chi connectivity index (χ1) is 12.2. The summed E-state index contributed by atoms with van der Waals surface area (Å²) < 4.78 is 1.83. The highest BCUT2D eigenvalue weighted by Gasteiger charge is 2.24. The van der Waals surface area contributed by atoms with Crippen molar-refractivity contribution in [3.05, 3.63) is 53.2 Å². The van der Waals surface area contributed by atoms with Crippen molar-refractivity contribution in [2.45, 2.75) is 13.0 Å². The molecule has 0 spiro atoms. The molecule has 0 fully saturated rings. The lowest BCUT2D eigenvalue weighted by atomic mass is 9.96. The Balaban J connectivity index is 2.46. The Morgan fingerprint density at radius 1 is 1.08 bits per heavy atom. The second kappa shape index (κ2) is 6.46. The zero-order valence-corrected chi connectivity index (χ0v) is 15.6. The van der Waals surface area contributed by atoms with Crippen molar-refractivity contribution >= 4 is 28.3 Å². The molecule has 6 heteroatoms. The molecular weight excluding hydrogens is 330 g/mol. The summed E-state index contributed by atoms with van der Waals surface area (Å²) in [5, 5.41) is 10.4. The van der Waals surface area contributed by atoms with Gasteiger partial charge in [0.05, 0.1) is 16.6 Å². The summed E-state index contributed by atoms with van der Waals surface area (Å²) in [6.45, 7) is 2.00. The summed E-state index contributed by atoms with van der Waals surface area (Å²) in [5.74, 6) is -1.07. The van der Waals surface area contributed by atoms with E-state index in [4.69, 9.17) is 0 Å². The van der Waals surface area contributed by atoms with Crippen LogP contribution in [0.5, 0.6) is 0 Å². The topological polar surface area (TPSA) is 65.3 Å². The first-order valence-electron chi connectivity index (χ1n) is 8.42. The second-order valence-corrected chi connectivity index (χ2v) is 6.93. The molecule has 1 N–H and O–H groups in total. The van der Waals surface area contributed by atoms with E-state index in [-0.39, 0.29) is 17.5 Å². The number of hydrogen-bond acceptors (Lipinski definition) is 3. The molecular formula is C20H23N3O3. The SMILES string of the molecule is CC(c1cc2c(C(=O)O)c3ccccn3c2cc1C(=O)N(C)C)N(C)C. The van der Waals surface area contributed by atoms with Crippen LogP contribution in [0.15, 0.2) is 36.5 Å². The zero-order valence-electron chi connectivity index (χ0n) is 15.6. The number of pyridine rings is 1. The molecule has 3 rings (SSSR count). The van der Waals surface area contributed by atoms with E-state index in [2.05, 4.69) is 0 Å². The third kappa shape index (κ3) is 2.72. The van der Waals surface area contributed by atoms with Crippen LogP contribution in [-0.4, -0.2) is 59.4 Å². The average Bonchev–Trinajstić information content (AvgIpc) is 2.92. The molecule has 2 aromatic heterocycles. The number of nitrogens with zero attached hydrogens (tertiary/aromatic N) is 3. The number of carbonyl (C=O) groups excluding carboxylic acids is 1. The van der Waals surface area contributed by atoms with Gasteiger partial charge in [-0.15, -0.1) is 0 Å². The highest BCUT2D eigenvalue weighted by molar-refractivity contribution is 6.12. The maximum atomic E-state index is 12.8. The fraction of sp³-hybridized carbons (Fsp3) is 0.300. The van der Waals surface area contributed by atoms with E-state index in [0.29, 0.717) is 16.5 Å². The molecule has 0 bridgehead atoms. The van der Waals surface area contributed by atoms with Gasteiger partial charge in [0.1, 0.15) is 0 Å². The summed E-state index contributed by atoms with van der Waals surface area (Å²) in [6, 6.07) is 9.08. The van der Waals surface area contributed by atoms with Crippen molar-refractivity contribution in [3.8, 4) is 0 Å². The fourth-order valence-electron chi connectivity index (χ4n) is 3.27. The molecule has 1 atom stereocenters. The van der Waals surface area contributed by atoms with Crippen LogP contribution in [-0.2, 0) is 0 Å². The minimum absolute atomic E-state index is 0.0389. The Morgan fingerprint density at radius 3 is 2.35 bits per heavy atom. The highest BCUT2D eigenvalue weighted by atomic mass is 16.4. The smallest absolute Gasteiger partial charge is 0.338 e. The van der Waals surface area contributed by atoms with Crippen molar-refractivity contribution < 1.29 is 14.7 Å². The molecule has 136 valence electrons. The Bertz CT molecular complexity index is 1020. The number of carboxylic acid groups (broad SMARTS) is 1. The monoisotopic (exact) mass is 353 g/mol. The normalized spacial score (nSPS) is 12.7. The minimum Gasteiger partial charge on any atom is -0.478 e. The molecule has 6 nitrogen and oxygen atoms in total. The molecule has 0 radical (unpaired) electrons. The summed E-state index contributed by atoms with van der Waals surface area (Å²) in [7, 11) is 7.31. The lowest BCUT2D eigenvalue weighted by Crippen LogP contribution is -2.26. The molecule has 1 unspecified atom stereocenters. The van der Waals surface area contributed by atoms with E-state index in [9.17, 15) is 14.7 Å². The van der Waals surface area contributed by atoms with Crippen LogP contribution in [0.1, 0.15) is 39.2 Å². The van der Waals surface area contributed by atoms with Gasteiger partial charge in [-0.1, -0.05) is 6.07 Å². The van der Waals surface area contributed by atoms with Gasteiger partial charge in [-0.25, -0.2) is 4.79 Å². The van der Waals surface area contributed by atoms with Gasteiger partial charge in [0.15, 0.2) is 0 Å². The lowest BCUT2D eigenvalue weighted by molar-refractivity contribution is 0.0700. The fourth-order valence-corrected chi connectivity index (χ4v) is 3.27. The number of hydrogen-bond donors (Lipinski definition) is 1. The Kier molecular flexibility index (Phi) is 4.46. The third-order valence-electron chi connectivity index (χ3n) is 4.89. The van der Waals surface area contributed by atoms with Crippen LogP contribution in [0.25, 0.3) is 16.4 Å². The summed E-state index contributed by atoms with van der Waals surface area (Å²) in [6.07, 6.45) is 1.82. The number of aromatic nitrogens is 1. The number of amides is 1. The first kappa shape index (κ1) is 17.9. The van der Waals surface area contributed by atoms with Crippen LogP contribution in [0.2, 0.25) is 0 Å². The molecule has 0 aliphatic heterocycles. The number of fused-ring (bicyclic) bond motifs is 3. The van der Waals surface area contributed by atoms with E-state index in [1.165, 1.54) is 0 Å². The summed E-state index contributed by atoms with van der Waals surface area (Å²) in [4.78, 5) is 28.3. The largest absolute Gasteiger partial charge is 0.478 e. The minimum atomic E-state index is -0.973. The number of aromatic carboxylic acids is 1. The molecule has 0 aliphatic carbocycles. The van der Waals surface area contributed by atoms with Gasteiger partial charge in [-0.05, 0) is 50.8 Å². The molecule has 0 aliphatic rings. The molecule has 2 heterocycles. The van der Waals surface area contributed by atoms with Crippen LogP contribution >= 0.6 is 0 Å². The van der Waals surface area contributed by atoms with Crippen LogP contribution in [0, 0.1) is 0 Å². The third-order valence-corrected chi connectivity index (χ3v) is 4.89. The van der Waals surface area contributed by atoms with E-state index >= 15 is 0 Å². The van der Waals surface area contributed by atoms with Crippen LogP contribution < -0.4 is 0 Å². The quantitative estimate of drug-likeness (QED) is 0.783. The average molecular weight is 353 g/mol. The van der Waals surface area contributed by atoms with Gasteiger partial charge in [0.2, 0.25) is 0 Å². The summed E-state index contributed by atoms with van der Waals surface area (Å²) >= 11 is 0. The molecule has 0 saturated heterocycles. The van der Waals surface area contributed by atoms with Gasteiger partial charge < -0.3 is 19.3 Å². The standard InChI is InChI=1S/C20H23N3O3/c1-12(21(2)3)13-10-15-17(11-14(13)19(24)22(4)5)23-9-7-6-8-16(23)18(15)20(25)26/h6-12H,1-5H3,(H,25,26). The van der Waals surface area contributed by atoms with Crippen molar-refractivity contribution in [2.24, 2.45) is 0 Å². The van der Waals surface area contributed by atoms with Crippen LogP contribution in [0.4, 0.5) is 0 Å². The maximum Gasteiger partial charge on any atom is 0.338 e. The van der Waals surface area contributed by atoms with E-state index < -0.39 is 5.97 Å². The van der Waals surface area contributed by atoms with Gasteiger partial charge in [-0.2, -0.15) is 0 Å². The first-order valence-corrected chi connectivity index (χ1v) is 8.42. The number of carboxylic acids is 1. The van der Waals surface area contributed by atoms with Gasteiger partial charge in [-0.3, -0.25) is 4.79 Å². The van der Waals surface area contributed by atoms with Crippen LogP contribution in [0.3, 0.4) is 0 Å². The number of benzene rings is 1. The lowest BCUT2D eigenvalue weighted by Gasteiger charge is -2.24. The van der Waals surface area contributed by atoms with Gasteiger partial charge in [0.25, 0.3) is 5.91 Å².